The minimum Gasteiger partial charge on any atom is -0.543 e. The Labute approximate surface area is 149 Å². The highest BCUT2D eigenvalue weighted by molar-refractivity contribution is 8.00. The largest absolute Gasteiger partial charge is 0.543 e. The van der Waals surface area contributed by atoms with E-state index in [0.717, 1.165) is 16.2 Å². The number of hydrogen-bond acceptors (Lipinski definition) is 10. The molecule has 0 radical (unpaired) electrons. The molecule has 1 aromatic rings. The summed E-state index contributed by atoms with van der Waals surface area (Å²) in [5.74, 6) is -2.20. The van der Waals surface area contributed by atoms with Crippen molar-refractivity contribution < 1.29 is 24.3 Å². The monoisotopic (exact) mass is 382 g/mol. The molecule has 1 aromatic heterocycles. The quantitative estimate of drug-likeness (QED) is 0.341. The number of carboxylic acids is 1. The molecule has 0 aromatic carbocycles. The lowest BCUT2D eigenvalue weighted by atomic mass is 10.0. The fourth-order valence-electron chi connectivity index (χ4n) is 2.43. The molecular formula is C13H12N5O5S2-. The highest BCUT2D eigenvalue weighted by Crippen LogP contribution is 2.37. The minimum absolute atomic E-state index is 0.0700. The molecule has 2 amide bonds. The van der Waals surface area contributed by atoms with Crippen molar-refractivity contribution in [3.8, 4) is 0 Å². The van der Waals surface area contributed by atoms with Gasteiger partial charge in [-0.15, -0.1) is 11.8 Å². The second kappa shape index (κ2) is 6.72. The van der Waals surface area contributed by atoms with Crippen LogP contribution < -0.4 is 16.2 Å². The average molecular weight is 382 g/mol. The molecule has 3 rings (SSSR count). The van der Waals surface area contributed by atoms with Crippen molar-refractivity contribution in [3.05, 3.63) is 22.8 Å². The minimum atomic E-state index is -1.43. The van der Waals surface area contributed by atoms with Crippen molar-refractivity contribution in [2.45, 2.75) is 11.4 Å². The van der Waals surface area contributed by atoms with Gasteiger partial charge in [0.2, 0.25) is 0 Å². The Bertz CT molecular complexity index is 804. The SMILES string of the molecule is CON=C(C(=O)N[C@@H]1C(=O)N2C(C(=O)[O-])=CCS[C@H]12)c1cnc(N)s1. The number of carbonyl (C=O) groups excluding carboxylic acids is 3. The molecule has 0 aliphatic carbocycles. The summed E-state index contributed by atoms with van der Waals surface area (Å²) in [6.07, 6.45) is 2.78. The standard InChI is InChI=1S/C13H13N5O5S2/c1-23-17-7(6-4-15-13(14)25-6)9(19)16-8-10(20)18-5(12(21)22)2-3-24-11(8)18/h2,4,8,11H,3H2,1H3,(H2,14,15)(H,16,19)(H,21,22)/p-1/t8-,11-/m1/s1. The zero-order valence-corrected chi connectivity index (χ0v) is 14.4. The van der Waals surface area contributed by atoms with E-state index in [4.69, 9.17) is 5.73 Å². The first kappa shape index (κ1) is 17.2. The number of nitrogens with zero attached hydrogens (tertiary/aromatic N) is 3. The fourth-order valence-corrected chi connectivity index (χ4v) is 4.28. The van der Waals surface area contributed by atoms with Crippen LogP contribution in [0.15, 0.2) is 23.1 Å². The van der Waals surface area contributed by atoms with Gasteiger partial charge in [-0.2, -0.15) is 0 Å². The van der Waals surface area contributed by atoms with Gasteiger partial charge in [-0.3, -0.25) is 14.5 Å². The number of carboxylic acid groups (broad SMARTS) is 1. The van der Waals surface area contributed by atoms with E-state index in [1.807, 2.05) is 0 Å². The average Bonchev–Trinajstić information content (AvgIpc) is 3.02. The molecule has 2 atom stereocenters. The Morgan fingerprint density at radius 1 is 1.56 bits per heavy atom. The number of carbonyl (C=O) groups is 3. The Hall–Kier alpha value is -2.60. The molecule has 0 saturated carbocycles. The first-order chi connectivity index (χ1) is 11.9. The van der Waals surface area contributed by atoms with Crippen LogP contribution >= 0.6 is 23.1 Å². The van der Waals surface area contributed by atoms with Crippen molar-refractivity contribution in [1.82, 2.24) is 15.2 Å². The van der Waals surface area contributed by atoms with Crippen LogP contribution in [0.3, 0.4) is 0 Å². The smallest absolute Gasteiger partial charge is 0.275 e. The number of nitrogens with two attached hydrogens (primary N) is 1. The van der Waals surface area contributed by atoms with Crippen molar-refractivity contribution in [2.24, 2.45) is 5.16 Å². The Kier molecular flexibility index (Phi) is 4.63. The van der Waals surface area contributed by atoms with Gasteiger partial charge in [-0.25, -0.2) is 4.98 Å². The number of amides is 2. The van der Waals surface area contributed by atoms with E-state index in [9.17, 15) is 19.5 Å². The molecule has 2 aliphatic heterocycles. The summed E-state index contributed by atoms with van der Waals surface area (Å²) in [7, 11) is 1.28. The molecular weight excluding hydrogens is 370 g/mol. The van der Waals surface area contributed by atoms with Crippen molar-refractivity contribution in [3.63, 3.8) is 0 Å². The van der Waals surface area contributed by atoms with Gasteiger partial charge in [0.15, 0.2) is 10.8 Å². The van der Waals surface area contributed by atoms with Gasteiger partial charge in [-0.05, 0) is 6.08 Å². The number of thiazole rings is 1. The molecule has 12 heteroatoms. The summed E-state index contributed by atoms with van der Waals surface area (Å²) in [5, 5.41) is 17.0. The molecule has 1 saturated heterocycles. The third kappa shape index (κ3) is 3.05. The number of oxime groups is 1. The third-order valence-corrected chi connectivity index (χ3v) is 5.51. The molecule has 3 N–H and O–H groups in total. The topological polar surface area (TPSA) is 150 Å². The molecule has 0 spiro atoms. The Morgan fingerprint density at radius 2 is 2.32 bits per heavy atom. The number of β-lactam (4-membered cyclic amide) rings is 1. The number of rotatable bonds is 5. The number of thioether (sulfide) groups is 1. The van der Waals surface area contributed by atoms with Crippen LogP contribution in [0.1, 0.15) is 4.88 Å². The Balaban J connectivity index is 1.75. The van der Waals surface area contributed by atoms with Gasteiger partial charge >= 0.3 is 0 Å². The summed E-state index contributed by atoms with van der Waals surface area (Å²) < 4.78 is 0. The molecule has 25 heavy (non-hydrogen) atoms. The lowest BCUT2D eigenvalue weighted by molar-refractivity contribution is -0.301. The number of hydrogen-bond donors (Lipinski definition) is 2. The molecule has 0 bridgehead atoms. The zero-order valence-electron chi connectivity index (χ0n) is 12.8. The maximum atomic E-state index is 12.5. The van der Waals surface area contributed by atoms with Gasteiger partial charge in [-0.1, -0.05) is 16.5 Å². The van der Waals surface area contributed by atoms with E-state index >= 15 is 0 Å². The summed E-state index contributed by atoms with van der Waals surface area (Å²) in [4.78, 5) is 45.8. The highest BCUT2D eigenvalue weighted by atomic mass is 32.2. The number of nitrogen functional groups attached to an aromatic ring is 1. The lowest BCUT2D eigenvalue weighted by Gasteiger charge is -2.49. The van der Waals surface area contributed by atoms with Crippen LogP contribution in [0, 0.1) is 0 Å². The molecule has 132 valence electrons. The van der Waals surface area contributed by atoms with Crippen LogP contribution in [-0.2, 0) is 19.2 Å². The van der Waals surface area contributed by atoms with E-state index in [2.05, 4.69) is 20.3 Å². The van der Waals surface area contributed by atoms with Crippen LogP contribution in [-0.4, -0.2) is 57.7 Å². The fraction of sp³-hybridized carbons (Fsp3) is 0.308. The summed E-state index contributed by atoms with van der Waals surface area (Å²) in [6.45, 7) is 0. The third-order valence-electron chi connectivity index (χ3n) is 3.50. The lowest BCUT2D eigenvalue weighted by Crippen LogP contribution is -2.71. The van der Waals surface area contributed by atoms with Gasteiger partial charge < -0.3 is 25.8 Å². The van der Waals surface area contributed by atoms with E-state index < -0.39 is 29.2 Å². The first-order valence-corrected chi connectivity index (χ1v) is 8.80. The van der Waals surface area contributed by atoms with E-state index in [1.165, 1.54) is 31.1 Å². The van der Waals surface area contributed by atoms with Crippen LogP contribution in [0.25, 0.3) is 0 Å². The number of aliphatic carboxylic acids is 1. The Morgan fingerprint density at radius 3 is 2.92 bits per heavy atom. The molecule has 1 fully saturated rings. The molecule has 2 aliphatic rings. The molecule has 10 nitrogen and oxygen atoms in total. The molecule has 3 heterocycles. The maximum Gasteiger partial charge on any atom is 0.275 e. The molecule has 0 unspecified atom stereocenters. The van der Waals surface area contributed by atoms with Gasteiger partial charge in [0.25, 0.3) is 11.8 Å². The van der Waals surface area contributed by atoms with Crippen molar-refractivity contribution in [1.29, 1.82) is 0 Å². The number of anilines is 1. The summed E-state index contributed by atoms with van der Waals surface area (Å²) in [5.41, 5.74) is 5.30. The second-order valence-electron chi connectivity index (χ2n) is 4.95. The predicted molar refractivity (Wildman–Crippen MR) is 88.2 cm³/mol. The summed E-state index contributed by atoms with van der Waals surface area (Å²) in [6, 6.07) is -0.868. The highest BCUT2D eigenvalue weighted by Gasteiger charge is 2.51. The van der Waals surface area contributed by atoms with Crippen molar-refractivity contribution >= 4 is 51.7 Å². The van der Waals surface area contributed by atoms with E-state index in [1.54, 1.807) is 0 Å². The number of nitrogens with one attached hydrogen (secondary N) is 1. The second-order valence-corrected chi connectivity index (χ2v) is 7.16. The maximum absolute atomic E-state index is 12.5. The van der Waals surface area contributed by atoms with E-state index in [0.29, 0.717) is 10.6 Å². The number of aromatic nitrogens is 1. The number of fused-ring (bicyclic) bond motifs is 1. The van der Waals surface area contributed by atoms with Crippen molar-refractivity contribution in [2.75, 3.05) is 18.6 Å². The normalized spacial score (nSPS) is 22.6. The predicted octanol–water partition coefficient (Wildman–Crippen LogP) is -1.89. The van der Waals surface area contributed by atoms with Crippen LogP contribution in [0.4, 0.5) is 5.13 Å². The van der Waals surface area contributed by atoms with Gasteiger partial charge in [0, 0.05) is 11.9 Å². The van der Waals surface area contributed by atoms with Gasteiger partial charge in [0.1, 0.15) is 18.5 Å². The summed E-state index contributed by atoms with van der Waals surface area (Å²) >= 11 is 2.38. The van der Waals surface area contributed by atoms with E-state index in [-0.39, 0.29) is 16.5 Å². The van der Waals surface area contributed by atoms with Crippen LogP contribution in [0.2, 0.25) is 0 Å². The van der Waals surface area contributed by atoms with Crippen LogP contribution in [0.5, 0.6) is 0 Å². The van der Waals surface area contributed by atoms with Gasteiger partial charge in [0.05, 0.1) is 16.5 Å². The first-order valence-electron chi connectivity index (χ1n) is 6.94. The zero-order chi connectivity index (χ0) is 18.1.